The lowest BCUT2D eigenvalue weighted by Gasteiger charge is -2.40. The summed E-state index contributed by atoms with van der Waals surface area (Å²) in [6.07, 6.45) is 1.60. The molecule has 0 spiro atoms. The second-order valence-corrected chi connectivity index (χ2v) is 8.51. The first-order valence-corrected chi connectivity index (χ1v) is 11.1. The maximum Gasteiger partial charge on any atom is 0.254 e. The maximum atomic E-state index is 12.9. The minimum Gasteiger partial charge on any atom is -0.379 e. The molecule has 3 aromatic carbocycles. The molecule has 5 rings (SSSR count). The second-order valence-electron chi connectivity index (χ2n) is 8.51. The topological polar surface area (TPSA) is 97.7 Å². The molecule has 1 amide bonds. The number of pyridine rings is 1. The molecule has 34 heavy (non-hydrogen) atoms. The van der Waals surface area contributed by atoms with E-state index in [-0.39, 0.29) is 17.6 Å². The summed E-state index contributed by atoms with van der Waals surface area (Å²) >= 11 is 0. The lowest BCUT2D eigenvalue weighted by molar-refractivity contribution is -0.271. The molecule has 0 bridgehead atoms. The van der Waals surface area contributed by atoms with E-state index >= 15 is 0 Å². The van der Waals surface area contributed by atoms with Crippen LogP contribution in [0, 0.1) is 6.92 Å². The van der Waals surface area contributed by atoms with Crippen LogP contribution in [0.2, 0.25) is 0 Å². The molecule has 1 saturated heterocycles. The van der Waals surface area contributed by atoms with Crippen molar-refractivity contribution in [3.8, 4) is 0 Å². The van der Waals surface area contributed by atoms with Crippen LogP contribution >= 0.6 is 0 Å². The molecule has 0 atom stereocenters. The summed E-state index contributed by atoms with van der Waals surface area (Å²) in [7, 11) is 0. The smallest absolute Gasteiger partial charge is 0.254 e. The summed E-state index contributed by atoms with van der Waals surface area (Å²) in [6, 6.07) is 24.1. The Kier molecular flexibility index (Phi) is 5.62. The fourth-order valence-corrected chi connectivity index (χ4v) is 4.18. The number of carbonyl (C=O) groups is 1. The number of quaternary nitrogens is 1. The average Bonchev–Trinajstić information content (AvgIpc) is 2.82. The quantitative estimate of drug-likeness (QED) is 0.250. The number of carbonyl (C=O) groups excluding carboxylic acids is 1. The summed E-state index contributed by atoms with van der Waals surface area (Å²) < 4.78 is 0. The van der Waals surface area contributed by atoms with Crippen LogP contribution in [0.3, 0.4) is 0 Å². The minimum atomic E-state index is -1.57. The molecule has 8 nitrogen and oxygen atoms in total. The van der Waals surface area contributed by atoms with Crippen molar-refractivity contribution < 1.29 is 15.2 Å². The van der Waals surface area contributed by atoms with Gasteiger partial charge in [0, 0.05) is 42.0 Å². The van der Waals surface area contributed by atoms with Gasteiger partial charge in [-0.25, -0.2) is 4.98 Å². The monoisotopic (exact) mass is 456 g/mol. The number of benzene rings is 3. The van der Waals surface area contributed by atoms with E-state index in [0.29, 0.717) is 35.4 Å². The molecule has 4 aromatic rings. The molecule has 1 aromatic heterocycles. The van der Waals surface area contributed by atoms with E-state index in [2.05, 4.69) is 15.7 Å². The number of anilines is 2. The van der Waals surface area contributed by atoms with E-state index in [4.69, 9.17) is 0 Å². The van der Waals surface area contributed by atoms with Gasteiger partial charge >= 0.3 is 0 Å². The van der Waals surface area contributed by atoms with Gasteiger partial charge in [-0.05, 0) is 48.9 Å². The van der Waals surface area contributed by atoms with Crippen molar-refractivity contribution in [2.75, 3.05) is 23.8 Å². The number of fused-ring (bicyclic) bond motifs is 1. The third-order valence-electron chi connectivity index (χ3n) is 6.01. The van der Waals surface area contributed by atoms with E-state index in [1.807, 2.05) is 49.4 Å². The van der Waals surface area contributed by atoms with Gasteiger partial charge in [-0.3, -0.25) is 4.79 Å². The summed E-state index contributed by atoms with van der Waals surface area (Å²) in [5.74, 6) is -0.0484. The Labute approximate surface area is 197 Å². The summed E-state index contributed by atoms with van der Waals surface area (Å²) in [5, 5.41) is 25.8. The molecule has 0 unspecified atom stereocenters. The SMILES string of the molecule is Cc1cc(C(=O)N2CC(Nc3ccccc3)C2)ccc1N[N+](O)(O)c1cccc2cccnc12. The molecule has 4 N–H and O–H groups in total. The molecule has 0 saturated carbocycles. The number of para-hydroxylation sites is 2. The predicted octanol–water partition coefficient (Wildman–Crippen LogP) is 4.59. The average molecular weight is 457 g/mol. The maximum absolute atomic E-state index is 12.9. The van der Waals surface area contributed by atoms with Gasteiger partial charge in [0.05, 0.1) is 16.6 Å². The number of likely N-dealkylation sites (tertiary alicyclic amines) is 1. The highest BCUT2D eigenvalue weighted by atomic mass is 16.9. The molecular formula is C26H26N5O3+. The molecule has 1 aliphatic rings. The Hall–Kier alpha value is -3.98. The Balaban J connectivity index is 1.27. The van der Waals surface area contributed by atoms with Crippen LogP contribution in [0.5, 0.6) is 0 Å². The Morgan fingerprint density at radius 1 is 1.00 bits per heavy atom. The van der Waals surface area contributed by atoms with Gasteiger partial charge in [-0.1, -0.05) is 36.4 Å². The van der Waals surface area contributed by atoms with Gasteiger partial charge in [0.15, 0.2) is 0 Å². The third-order valence-corrected chi connectivity index (χ3v) is 6.01. The van der Waals surface area contributed by atoms with E-state index < -0.39 is 4.92 Å². The van der Waals surface area contributed by atoms with Crippen molar-refractivity contribution in [2.24, 2.45) is 0 Å². The molecule has 1 aliphatic heterocycles. The zero-order chi connectivity index (χ0) is 23.7. The first-order chi connectivity index (χ1) is 16.4. The van der Waals surface area contributed by atoms with Gasteiger partial charge in [0.25, 0.3) is 11.6 Å². The van der Waals surface area contributed by atoms with Crippen LogP contribution < -0.4 is 15.7 Å². The number of nitrogens with zero attached hydrogens (tertiary/aromatic N) is 3. The van der Waals surface area contributed by atoms with Crippen molar-refractivity contribution in [1.29, 1.82) is 0 Å². The zero-order valence-electron chi connectivity index (χ0n) is 18.7. The molecule has 8 heteroatoms. The van der Waals surface area contributed by atoms with E-state index in [9.17, 15) is 15.2 Å². The summed E-state index contributed by atoms with van der Waals surface area (Å²) in [4.78, 5) is 17.4. The number of aryl methyl sites for hydroxylation is 1. The Bertz CT molecular complexity index is 1330. The summed E-state index contributed by atoms with van der Waals surface area (Å²) in [6.45, 7) is 3.08. The van der Waals surface area contributed by atoms with E-state index in [1.165, 1.54) is 0 Å². The van der Waals surface area contributed by atoms with Crippen LogP contribution in [0.4, 0.5) is 17.1 Å². The molecule has 0 radical (unpaired) electrons. The highest BCUT2D eigenvalue weighted by Gasteiger charge is 2.33. The van der Waals surface area contributed by atoms with Crippen molar-refractivity contribution >= 4 is 33.9 Å². The highest BCUT2D eigenvalue weighted by molar-refractivity contribution is 5.95. The minimum absolute atomic E-state index is 0.0484. The van der Waals surface area contributed by atoms with E-state index in [1.54, 1.807) is 47.5 Å². The number of rotatable bonds is 6. The fraction of sp³-hybridized carbons (Fsp3) is 0.154. The lowest BCUT2D eigenvalue weighted by atomic mass is 10.0. The Morgan fingerprint density at radius 3 is 2.53 bits per heavy atom. The molecule has 172 valence electrons. The Morgan fingerprint density at radius 2 is 1.76 bits per heavy atom. The highest BCUT2D eigenvalue weighted by Crippen LogP contribution is 2.29. The van der Waals surface area contributed by atoms with Crippen LogP contribution in [0.25, 0.3) is 10.9 Å². The van der Waals surface area contributed by atoms with Crippen molar-refractivity contribution in [1.82, 2.24) is 14.8 Å². The van der Waals surface area contributed by atoms with Crippen LogP contribution in [0.1, 0.15) is 15.9 Å². The second kappa shape index (κ2) is 8.75. The van der Waals surface area contributed by atoms with Gasteiger partial charge in [-0.15, -0.1) is 10.4 Å². The predicted molar refractivity (Wildman–Crippen MR) is 132 cm³/mol. The van der Waals surface area contributed by atoms with E-state index in [0.717, 1.165) is 11.1 Å². The van der Waals surface area contributed by atoms with Gasteiger partial charge in [0.2, 0.25) is 0 Å². The number of hydrogen-bond donors (Lipinski definition) is 4. The van der Waals surface area contributed by atoms with Gasteiger partial charge < -0.3 is 10.2 Å². The zero-order valence-corrected chi connectivity index (χ0v) is 18.7. The standard InChI is InChI=1S/C26H25N5O3/c1-18-15-20(26(32)30-16-22(17-30)28-21-9-3-2-4-10-21)12-13-23(18)29-31(33,34)24-11-5-7-19-8-6-14-27-25(19)24/h2-15,22,28,33-34H,16-17H2,1H3/p+1. The normalized spacial score (nSPS) is 14.0. The number of aromatic nitrogens is 1. The number of amides is 1. The largest absolute Gasteiger partial charge is 0.379 e. The van der Waals surface area contributed by atoms with Crippen LogP contribution in [-0.2, 0) is 0 Å². The summed E-state index contributed by atoms with van der Waals surface area (Å²) in [5.41, 5.74) is 6.19. The van der Waals surface area contributed by atoms with Crippen LogP contribution in [-0.4, -0.2) is 45.3 Å². The lowest BCUT2D eigenvalue weighted by Crippen LogP contribution is -2.57. The van der Waals surface area contributed by atoms with Crippen molar-refractivity contribution in [2.45, 2.75) is 13.0 Å². The fourth-order valence-electron chi connectivity index (χ4n) is 4.18. The molecular weight excluding hydrogens is 430 g/mol. The first kappa shape index (κ1) is 21.8. The molecule has 2 heterocycles. The van der Waals surface area contributed by atoms with Crippen molar-refractivity contribution in [3.05, 3.63) is 96.2 Å². The van der Waals surface area contributed by atoms with Crippen LogP contribution in [0.15, 0.2) is 85.1 Å². The number of nitrogens with one attached hydrogen (secondary N) is 2. The number of hydrogen-bond acceptors (Lipinski definition) is 6. The molecule has 1 fully saturated rings. The molecule has 0 aliphatic carbocycles. The third kappa shape index (κ3) is 4.29. The van der Waals surface area contributed by atoms with Gasteiger partial charge in [-0.2, -0.15) is 5.43 Å². The van der Waals surface area contributed by atoms with Crippen molar-refractivity contribution in [3.63, 3.8) is 0 Å². The van der Waals surface area contributed by atoms with Gasteiger partial charge in [0.1, 0.15) is 5.52 Å². The first-order valence-electron chi connectivity index (χ1n) is 11.1.